The van der Waals surface area contributed by atoms with Crippen molar-refractivity contribution in [3.63, 3.8) is 0 Å². The van der Waals surface area contributed by atoms with Crippen molar-refractivity contribution in [3.8, 4) is 0 Å². The molecule has 27 heavy (non-hydrogen) atoms. The predicted molar refractivity (Wildman–Crippen MR) is 105 cm³/mol. The van der Waals surface area contributed by atoms with Crippen molar-refractivity contribution >= 4 is 11.9 Å². The van der Waals surface area contributed by atoms with E-state index in [1.165, 1.54) is 19.3 Å². The number of nitrogens with zero attached hydrogens (tertiary/aromatic N) is 3. The van der Waals surface area contributed by atoms with Crippen LogP contribution >= 0.6 is 0 Å². The molecule has 0 spiro atoms. The number of urea groups is 1. The quantitative estimate of drug-likeness (QED) is 0.885. The number of aromatic nitrogens is 1. The van der Waals surface area contributed by atoms with Crippen molar-refractivity contribution in [2.75, 3.05) is 13.1 Å². The SMILES string of the molecule is CC(C)NC(=O)N1CCCC(C(=O)n2ccccc2=NC2CCCCC2)C1. The average molecular weight is 373 g/mol. The molecule has 1 aromatic heterocycles. The number of carbonyl (C=O) groups is 2. The smallest absolute Gasteiger partial charge is 0.317 e. The van der Waals surface area contributed by atoms with E-state index in [2.05, 4.69) is 5.32 Å². The highest BCUT2D eigenvalue weighted by atomic mass is 16.2. The molecule has 2 aliphatic rings. The summed E-state index contributed by atoms with van der Waals surface area (Å²) in [5, 5.41) is 2.93. The summed E-state index contributed by atoms with van der Waals surface area (Å²) in [4.78, 5) is 32.2. The molecule has 6 heteroatoms. The number of likely N-dealkylation sites (tertiary alicyclic amines) is 1. The number of pyridine rings is 1. The largest absolute Gasteiger partial charge is 0.336 e. The number of piperidine rings is 1. The maximum absolute atomic E-state index is 13.2. The number of rotatable bonds is 3. The van der Waals surface area contributed by atoms with Gasteiger partial charge in [-0.1, -0.05) is 25.3 Å². The van der Waals surface area contributed by atoms with Crippen LogP contribution in [0, 0.1) is 5.92 Å². The third kappa shape index (κ3) is 5.21. The van der Waals surface area contributed by atoms with Crippen LogP contribution in [-0.4, -0.2) is 46.6 Å². The van der Waals surface area contributed by atoms with Crippen LogP contribution in [0.5, 0.6) is 0 Å². The lowest BCUT2D eigenvalue weighted by atomic mass is 9.96. The molecule has 1 aromatic rings. The summed E-state index contributed by atoms with van der Waals surface area (Å²) in [6.45, 7) is 5.08. The lowest BCUT2D eigenvalue weighted by Gasteiger charge is -2.32. The van der Waals surface area contributed by atoms with Crippen molar-refractivity contribution in [2.45, 2.75) is 70.9 Å². The Morgan fingerprint density at radius 3 is 2.63 bits per heavy atom. The summed E-state index contributed by atoms with van der Waals surface area (Å²) in [6.07, 6.45) is 9.42. The molecule has 0 bridgehead atoms. The van der Waals surface area contributed by atoms with Crippen LogP contribution in [0.25, 0.3) is 0 Å². The molecule has 0 radical (unpaired) electrons. The molecule has 1 N–H and O–H groups in total. The first kappa shape index (κ1) is 19.6. The van der Waals surface area contributed by atoms with E-state index in [1.807, 2.05) is 38.2 Å². The Morgan fingerprint density at radius 2 is 1.89 bits per heavy atom. The molecule has 1 atom stereocenters. The second-order valence-corrected chi connectivity index (χ2v) is 8.08. The maximum atomic E-state index is 13.2. The average Bonchev–Trinajstić information content (AvgIpc) is 2.68. The minimum Gasteiger partial charge on any atom is -0.336 e. The van der Waals surface area contributed by atoms with Gasteiger partial charge in [0.2, 0.25) is 5.91 Å². The van der Waals surface area contributed by atoms with Crippen LogP contribution in [0.15, 0.2) is 29.4 Å². The number of carbonyl (C=O) groups excluding carboxylic acids is 2. The van der Waals surface area contributed by atoms with E-state index in [0.717, 1.165) is 31.2 Å². The Labute approximate surface area is 161 Å². The van der Waals surface area contributed by atoms with Crippen LogP contribution in [0.2, 0.25) is 0 Å². The highest BCUT2D eigenvalue weighted by Gasteiger charge is 2.29. The Hall–Kier alpha value is -2.11. The highest BCUT2D eigenvalue weighted by molar-refractivity contribution is 5.82. The Bertz CT molecular complexity index is 719. The molecule has 2 fully saturated rings. The van der Waals surface area contributed by atoms with Crippen LogP contribution in [0.3, 0.4) is 0 Å². The van der Waals surface area contributed by atoms with Crippen molar-refractivity contribution in [1.82, 2.24) is 14.8 Å². The minimum absolute atomic E-state index is 0.0483. The van der Waals surface area contributed by atoms with Crippen LogP contribution in [0.1, 0.15) is 63.6 Å². The molecule has 1 aliphatic heterocycles. The zero-order valence-electron chi connectivity index (χ0n) is 16.6. The van der Waals surface area contributed by atoms with Crippen LogP contribution in [-0.2, 0) is 0 Å². The van der Waals surface area contributed by atoms with Gasteiger partial charge in [-0.3, -0.25) is 14.4 Å². The van der Waals surface area contributed by atoms with Crippen LogP contribution in [0.4, 0.5) is 4.79 Å². The van der Waals surface area contributed by atoms with Gasteiger partial charge in [-0.05, 0) is 51.7 Å². The number of nitrogens with one attached hydrogen (secondary N) is 1. The first-order chi connectivity index (χ1) is 13.0. The fraction of sp³-hybridized carbons (Fsp3) is 0.667. The van der Waals surface area contributed by atoms with Gasteiger partial charge in [0.15, 0.2) is 0 Å². The summed E-state index contributed by atoms with van der Waals surface area (Å²) in [5.41, 5.74) is 0.748. The standard InChI is InChI=1S/C21H32N4O2/c1-16(2)22-21(27)24-13-8-9-17(15-24)20(26)25-14-7-6-12-19(25)23-18-10-4-3-5-11-18/h6-7,12,14,16-18H,3-5,8-11,13,15H2,1-2H3,(H,22,27). The van der Waals surface area contributed by atoms with Gasteiger partial charge in [-0.15, -0.1) is 0 Å². The molecule has 6 nitrogen and oxygen atoms in total. The minimum atomic E-state index is -0.177. The van der Waals surface area contributed by atoms with E-state index in [4.69, 9.17) is 4.99 Å². The van der Waals surface area contributed by atoms with Gasteiger partial charge in [0.05, 0.1) is 12.0 Å². The maximum Gasteiger partial charge on any atom is 0.317 e. The molecule has 1 aliphatic carbocycles. The molecule has 1 unspecified atom stereocenters. The first-order valence-corrected chi connectivity index (χ1v) is 10.4. The molecular weight excluding hydrogens is 340 g/mol. The summed E-state index contributed by atoms with van der Waals surface area (Å²) < 4.78 is 1.70. The Kier molecular flexibility index (Phi) is 6.69. The highest BCUT2D eigenvalue weighted by Crippen LogP contribution is 2.20. The van der Waals surface area contributed by atoms with Gasteiger partial charge in [0, 0.05) is 25.3 Å². The Balaban J connectivity index is 1.75. The third-order valence-corrected chi connectivity index (χ3v) is 5.44. The van der Waals surface area contributed by atoms with Gasteiger partial charge in [0.25, 0.3) is 0 Å². The van der Waals surface area contributed by atoms with Crippen molar-refractivity contribution in [1.29, 1.82) is 0 Å². The summed E-state index contributed by atoms with van der Waals surface area (Å²) in [7, 11) is 0. The van der Waals surface area contributed by atoms with Crippen molar-refractivity contribution < 1.29 is 9.59 Å². The molecule has 148 valence electrons. The summed E-state index contributed by atoms with van der Waals surface area (Å²) in [5.74, 6) is -0.128. The third-order valence-electron chi connectivity index (χ3n) is 5.44. The van der Waals surface area contributed by atoms with E-state index in [-0.39, 0.29) is 23.9 Å². The monoisotopic (exact) mass is 372 g/mol. The predicted octanol–water partition coefficient (Wildman–Crippen LogP) is 3.19. The van der Waals surface area contributed by atoms with Crippen molar-refractivity contribution in [2.24, 2.45) is 10.9 Å². The number of hydrogen-bond donors (Lipinski definition) is 1. The number of amides is 2. The van der Waals surface area contributed by atoms with E-state index < -0.39 is 0 Å². The molecule has 3 rings (SSSR count). The lowest BCUT2D eigenvalue weighted by molar-refractivity contribution is 0.0751. The molecule has 2 amide bonds. The molecular formula is C21H32N4O2. The lowest BCUT2D eigenvalue weighted by Crippen LogP contribution is -2.49. The van der Waals surface area contributed by atoms with Gasteiger partial charge in [-0.2, -0.15) is 0 Å². The molecule has 1 saturated carbocycles. The molecule has 1 saturated heterocycles. The van der Waals surface area contributed by atoms with Crippen LogP contribution < -0.4 is 10.8 Å². The van der Waals surface area contributed by atoms with E-state index in [9.17, 15) is 9.59 Å². The topological polar surface area (TPSA) is 66.7 Å². The van der Waals surface area contributed by atoms with Gasteiger partial charge >= 0.3 is 6.03 Å². The van der Waals surface area contributed by atoms with Gasteiger partial charge in [-0.25, -0.2) is 4.79 Å². The molecule has 0 aromatic carbocycles. The normalized spacial score (nSPS) is 22.1. The van der Waals surface area contributed by atoms with Crippen molar-refractivity contribution in [3.05, 3.63) is 29.9 Å². The van der Waals surface area contributed by atoms with E-state index >= 15 is 0 Å². The molecule has 2 heterocycles. The second-order valence-electron chi connectivity index (χ2n) is 8.08. The fourth-order valence-corrected chi connectivity index (χ4v) is 4.02. The zero-order chi connectivity index (χ0) is 19.2. The first-order valence-electron chi connectivity index (χ1n) is 10.4. The fourth-order valence-electron chi connectivity index (χ4n) is 4.02. The van der Waals surface area contributed by atoms with Gasteiger partial charge < -0.3 is 10.2 Å². The second kappa shape index (κ2) is 9.20. The number of hydrogen-bond acceptors (Lipinski definition) is 3. The zero-order valence-corrected chi connectivity index (χ0v) is 16.6. The van der Waals surface area contributed by atoms with E-state index in [1.54, 1.807) is 9.47 Å². The van der Waals surface area contributed by atoms with Gasteiger partial charge in [0.1, 0.15) is 5.49 Å². The summed E-state index contributed by atoms with van der Waals surface area (Å²) >= 11 is 0. The summed E-state index contributed by atoms with van der Waals surface area (Å²) in [6, 6.07) is 6.09. The Morgan fingerprint density at radius 1 is 1.11 bits per heavy atom. The van der Waals surface area contributed by atoms with E-state index in [0.29, 0.717) is 19.1 Å².